The van der Waals surface area contributed by atoms with Crippen LogP contribution in [0.25, 0.3) is 0 Å². The van der Waals surface area contributed by atoms with E-state index in [-0.39, 0.29) is 5.91 Å². The standard InChI is InChI=1S/C22H32F2N2O/c1-4-22(9-11-25,20-16(3)13-17(23)14-19(20)24)10-12-26-21(27)18-8-6-5-7-15(18)2/h13-14H,4-12,25H2,1-3H3,(H,26,27). The quantitative estimate of drug-likeness (QED) is 0.691. The van der Waals surface area contributed by atoms with Gasteiger partial charge in [-0.15, -0.1) is 0 Å². The van der Waals surface area contributed by atoms with Crippen LogP contribution in [0.1, 0.15) is 69.9 Å². The average Bonchev–Trinajstić information content (AvgIpc) is 2.61. The monoisotopic (exact) mass is 378 g/mol. The second-order valence-corrected chi connectivity index (χ2v) is 7.72. The van der Waals surface area contributed by atoms with E-state index in [0.717, 1.165) is 37.3 Å². The number of rotatable bonds is 8. The summed E-state index contributed by atoms with van der Waals surface area (Å²) in [6.45, 7) is 6.60. The molecule has 2 rings (SSSR count). The Balaban J connectivity index is 2.19. The van der Waals surface area contributed by atoms with Gasteiger partial charge < -0.3 is 11.1 Å². The number of halogens is 2. The summed E-state index contributed by atoms with van der Waals surface area (Å²) in [7, 11) is 0. The maximum Gasteiger partial charge on any atom is 0.247 e. The van der Waals surface area contributed by atoms with Gasteiger partial charge in [0.25, 0.3) is 0 Å². The van der Waals surface area contributed by atoms with E-state index < -0.39 is 17.0 Å². The number of nitrogens with two attached hydrogens (primary N) is 1. The number of hydrogen-bond donors (Lipinski definition) is 2. The highest BCUT2D eigenvalue weighted by atomic mass is 19.1. The molecule has 1 aromatic carbocycles. The number of carbonyl (C=O) groups excluding carboxylic acids is 1. The SMILES string of the molecule is CCC(CCN)(CCNC(=O)C1=C(C)CCCC1)c1c(C)cc(F)cc1F. The first kappa shape index (κ1) is 21.5. The van der Waals surface area contributed by atoms with Crippen LogP contribution in [0.5, 0.6) is 0 Å². The molecule has 27 heavy (non-hydrogen) atoms. The lowest BCUT2D eigenvalue weighted by Crippen LogP contribution is -2.36. The fourth-order valence-electron chi connectivity index (χ4n) is 4.44. The molecule has 0 fully saturated rings. The predicted octanol–water partition coefficient (Wildman–Crippen LogP) is 4.67. The van der Waals surface area contributed by atoms with Crippen LogP contribution in [0.4, 0.5) is 8.78 Å². The number of nitrogens with one attached hydrogen (secondary N) is 1. The molecule has 0 radical (unpaired) electrons. The highest BCUT2D eigenvalue weighted by Crippen LogP contribution is 2.38. The van der Waals surface area contributed by atoms with Crippen molar-refractivity contribution >= 4 is 5.91 Å². The zero-order valence-corrected chi connectivity index (χ0v) is 16.8. The molecule has 3 nitrogen and oxygen atoms in total. The van der Waals surface area contributed by atoms with Crippen LogP contribution in [-0.4, -0.2) is 19.0 Å². The minimum atomic E-state index is -0.570. The Morgan fingerprint density at radius 1 is 1.19 bits per heavy atom. The summed E-state index contributed by atoms with van der Waals surface area (Å²) in [4.78, 5) is 12.5. The summed E-state index contributed by atoms with van der Waals surface area (Å²) in [6, 6.07) is 2.31. The summed E-state index contributed by atoms with van der Waals surface area (Å²) >= 11 is 0. The highest BCUT2D eigenvalue weighted by molar-refractivity contribution is 5.94. The summed E-state index contributed by atoms with van der Waals surface area (Å²) in [5, 5.41) is 3.02. The van der Waals surface area contributed by atoms with E-state index in [1.165, 1.54) is 11.6 Å². The van der Waals surface area contributed by atoms with Gasteiger partial charge in [0.15, 0.2) is 0 Å². The van der Waals surface area contributed by atoms with Crippen molar-refractivity contribution in [2.75, 3.05) is 13.1 Å². The molecule has 3 N–H and O–H groups in total. The van der Waals surface area contributed by atoms with Crippen LogP contribution < -0.4 is 11.1 Å². The summed E-state index contributed by atoms with van der Waals surface area (Å²) in [5.41, 5.74) is 8.51. The smallest absolute Gasteiger partial charge is 0.247 e. The molecule has 1 amide bonds. The third-order valence-corrected chi connectivity index (χ3v) is 5.99. The Morgan fingerprint density at radius 2 is 1.89 bits per heavy atom. The first-order valence-corrected chi connectivity index (χ1v) is 9.97. The number of allylic oxidation sites excluding steroid dienone is 1. The molecule has 0 aromatic heterocycles. The zero-order chi connectivity index (χ0) is 20.0. The Morgan fingerprint density at radius 3 is 2.48 bits per heavy atom. The maximum atomic E-state index is 14.7. The van der Waals surface area contributed by atoms with Crippen LogP contribution in [0.15, 0.2) is 23.3 Å². The zero-order valence-electron chi connectivity index (χ0n) is 16.8. The number of benzene rings is 1. The Bertz CT molecular complexity index is 691. The number of amides is 1. The summed E-state index contributed by atoms with van der Waals surface area (Å²) < 4.78 is 28.2. The molecule has 5 heteroatoms. The number of hydrogen-bond acceptors (Lipinski definition) is 2. The van der Waals surface area contributed by atoms with Gasteiger partial charge in [0, 0.05) is 23.6 Å². The second kappa shape index (κ2) is 9.45. The van der Waals surface area contributed by atoms with Crippen molar-refractivity contribution in [1.29, 1.82) is 0 Å². The number of aryl methyl sites for hydroxylation is 1. The lowest BCUT2D eigenvalue weighted by atomic mass is 9.71. The second-order valence-electron chi connectivity index (χ2n) is 7.72. The first-order valence-electron chi connectivity index (χ1n) is 9.97. The molecule has 1 atom stereocenters. The molecule has 1 aliphatic carbocycles. The van der Waals surface area contributed by atoms with Crippen molar-refractivity contribution in [2.24, 2.45) is 5.73 Å². The van der Waals surface area contributed by atoms with Crippen molar-refractivity contribution in [1.82, 2.24) is 5.32 Å². The van der Waals surface area contributed by atoms with E-state index in [2.05, 4.69) is 5.32 Å². The van der Waals surface area contributed by atoms with Gasteiger partial charge >= 0.3 is 0 Å². The van der Waals surface area contributed by atoms with Gasteiger partial charge in [0.2, 0.25) is 5.91 Å². The summed E-state index contributed by atoms with van der Waals surface area (Å²) in [5.74, 6) is -1.11. The van der Waals surface area contributed by atoms with Crippen LogP contribution >= 0.6 is 0 Å². The normalized spacial score (nSPS) is 17.0. The van der Waals surface area contributed by atoms with E-state index in [1.807, 2.05) is 13.8 Å². The lowest BCUT2D eigenvalue weighted by molar-refractivity contribution is -0.117. The topological polar surface area (TPSA) is 55.1 Å². The molecule has 0 saturated carbocycles. The molecular weight excluding hydrogens is 346 g/mol. The number of carbonyl (C=O) groups is 1. The minimum Gasteiger partial charge on any atom is -0.352 e. The fraction of sp³-hybridized carbons (Fsp3) is 0.591. The van der Waals surface area contributed by atoms with Crippen LogP contribution in [0.2, 0.25) is 0 Å². The van der Waals surface area contributed by atoms with Gasteiger partial charge in [-0.2, -0.15) is 0 Å². The predicted molar refractivity (Wildman–Crippen MR) is 106 cm³/mol. The molecule has 0 saturated heterocycles. The first-order chi connectivity index (χ1) is 12.8. The molecule has 1 aliphatic rings. The van der Waals surface area contributed by atoms with Gasteiger partial charge in [0.05, 0.1) is 0 Å². The Kier molecular flexibility index (Phi) is 7.54. The Hall–Kier alpha value is -1.75. The van der Waals surface area contributed by atoms with E-state index in [1.54, 1.807) is 6.92 Å². The van der Waals surface area contributed by atoms with Crippen molar-refractivity contribution in [3.05, 3.63) is 46.0 Å². The molecule has 0 spiro atoms. The molecule has 0 heterocycles. The third kappa shape index (κ3) is 4.95. The van der Waals surface area contributed by atoms with E-state index in [4.69, 9.17) is 5.73 Å². The van der Waals surface area contributed by atoms with Crippen molar-refractivity contribution < 1.29 is 13.6 Å². The van der Waals surface area contributed by atoms with Crippen molar-refractivity contribution in [3.8, 4) is 0 Å². The van der Waals surface area contributed by atoms with Gasteiger partial charge in [-0.25, -0.2) is 8.78 Å². The largest absolute Gasteiger partial charge is 0.352 e. The van der Waals surface area contributed by atoms with Crippen molar-refractivity contribution in [2.45, 2.75) is 71.1 Å². The van der Waals surface area contributed by atoms with Crippen LogP contribution in [0.3, 0.4) is 0 Å². The lowest BCUT2D eigenvalue weighted by Gasteiger charge is -2.35. The van der Waals surface area contributed by atoms with Gasteiger partial charge in [-0.3, -0.25) is 4.79 Å². The van der Waals surface area contributed by atoms with E-state index in [0.29, 0.717) is 43.5 Å². The summed E-state index contributed by atoms with van der Waals surface area (Å²) in [6.07, 6.45) is 5.82. The van der Waals surface area contributed by atoms with Crippen LogP contribution in [-0.2, 0) is 10.2 Å². The molecule has 0 bridgehead atoms. The van der Waals surface area contributed by atoms with Crippen molar-refractivity contribution in [3.63, 3.8) is 0 Å². The minimum absolute atomic E-state index is 0.0127. The molecule has 0 aliphatic heterocycles. The average molecular weight is 379 g/mol. The van der Waals surface area contributed by atoms with Gasteiger partial charge in [-0.1, -0.05) is 12.5 Å². The van der Waals surface area contributed by atoms with Crippen LogP contribution in [0, 0.1) is 18.6 Å². The fourth-order valence-corrected chi connectivity index (χ4v) is 4.44. The van der Waals surface area contributed by atoms with Gasteiger partial charge in [0.1, 0.15) is 11.6 Å². The molecule has 150 valence electrons. The van der Waals surface area contributed by atoms with E-state index in [9.17, 15) is 13.6 Å². The molecule has 1 unspecified atom stereocenters. The molecule has 1 aromatic rings. The molecular formula is C22H32F2N2O. The highest BCUT2D eigenvalue weighted by Gasteiger charge is 2.34. The third-order valence-electron chi connectivity index (χ3n) is 5.99. The Labute approximate surface area is 161 Å². The van der Waals surface area contributed by atoms with E-state index >= 15 is 0 Å². The van der Waals surface area contributed by atoms with Gasteiger partial charge in [-0.05, 0) is 82.5 Å². The maximum absolute atomic E-state index is 14.7.